The van der Waals surface area contributed by atoms with Crippen LogP contribution in [0.3, 0.4) is 0 Å². The second kappa shape index (κ2) is 3.97. The third-order valence-corrected chi connectivity index (χ3v) is 3.20. The van der Waals surface area contributed by atoms with Gasteiger partial charge in [0.15, 0.2) is 0 Å². The van der Waals surface area contributed by atoms with Gasteiger partial charge >= 0.3 is 0 Å². The molecule has 0 aromatic carbocycles. The van der Waals surface area contributed by atoms with Gasteiger partial charge in [-0.3, -0.25) is 9.69 Å². The summed E-state index contributed by atoms with van der Waals surface area (Å²) in [6.07, 6.45) is 2.64. The van der Waals surface area contributed by atoms with Crippen molar-refractivity contribution in [3.8, 4) is 6.07 Å². The van der Waals surface area contributed by atoms with Gasteiger partial charge in [0.2, 0.25) is 5.91 Å². The highest BCUT2D eigenvalue weighted by molar-refractivity contribution is 5.77. The zero-order valence-corrected chi connectivity index (χ0v) is 8.20. The van der Waals surface area contributed by atoms with Crippen LogP contribution in [-0.2, 0) is 4.79 Å². The van der Waals surface area contributed by atoms with E-state index in [1.54, 1.807) is 0 Å². The van der Waals surface area contributed by atoms with Gasteiger partial charge in [-0.2, -0.15) is 5.26 Å². The molecule has 2 aliphatic rings. The number of fused-ring (bicyclic) bond motifs is 1. The number of nitriles is 1. The molecule has 0 aromatic heterocycles. The van der Waals surface area contributed by atoms with Gasteiger partial charge in [0.1, 0.15) is 0 Å². The summed E-state index contributed by atoms with van der Waals surface area (Å²) in [6.45, 7) is 2.44. The fourth-order valence-corrected chi connectivity index (χ4v) is 2.43. The first kappa shape index (κ1) is 9.47. The largest absolute Gasteiger partial charge is 0.353 e. The van der Waals surface area contributed by atoms with Crippen LogP contribution in [0.4, 0.5) is 0 Å². The van der Waals surface area contributed by atoms with E-state index in [9.17, 15) is 4.79 Å². The Labute approximate surface area is 83.9 Å². The molecular weight excluding hydrogens is 178 g/mol. The Hall–Kier alpha value is -1.08. The molecular formula is C10H15N3O. The number of amides is 1. The molecule has 1 N–H and O–H groups in total. The molecule has 4 nitrogen and oxygen atoms in total. The van der Waals surface area contributed by atoms with Crippen molar-refractivity contribution in [2.75, 3.05) is 19.6 Å². The van der Waals surface area contributed by atoms with E-state index in [2.05, 4.69) is 16.3 Å². The monoisotopic (exact) mass is 193 g/mol. The van der Waals surface area contributed by atoms with Crippen LogP contribution in [0.1, 0.15) is 19.3 Å². The lowest BCUT2D eigenvalue weighted by Crippen LogP contribution is -2.53. The molecule has 0 radical (unpaired) electrons. The van der Waals surface area contributed by atoms with Gasteiger partial charge in [-0.15, -0.1) is 0 Å². The van der Waals surface area contributed by atoms with Crippen molar-refractivity contribution in [1.82, 2.24) is 10.2 Å². The number of hydrogen-bond donors (Lipinski definition) is 1. The van der Waals surface area contributed by atoms with Crippen LogP contribution in [0.2, 0.25) is 0 Å². The van der Waals surface area contributed by atoms with E-state index in [0.29, 0.717) is 24.9 Å². The average molecular weight is 193 g/mol. The molecule has 2 aliphatic heterocycles. The number of carbonyl (C=O) groups is 1. The molecule has 4 heteroatoms. The summed E-state index contributed by atoms with van der Waals surface area (Å²) in [5.74, 6) is 0.759. The molecule has 0 aliphatic carbocycles. The van der Waals surface area contributed by atoms with Crippen LogP contribution in [-0.4, -0.2) is 36.5 Å². The SMILES string of the molecule is N#CCN1CCC2NC(=O)CCC2C1. The Morgan fingerprint density at radius 3 is 3.21 bits per heavy atom. The van der Waals surface area contributed by atoms with E-state index in [4.69, 9.17) is 5.26 Å². The van der Waals surface area contributed by atoms with Gasteiger partial charge in [-0.05, 0) is 18.8 Å². The van der Waals surface area contributed by atoms with Crippen molar-refractivity contribution in [2.24, 2.45) is 5.92 Å². The lowest BCUT2D eigenvalue weighted by molar-refractivity contribution is -0.125. The maximum absolute atomic E-state index is 11.1. The molecule has 2 heterocycles. The van der Waals surface area contributed by atoms with E-state index in [0.717, 1.165) is 25.9 Å². The van der Waals surface area contributed by atoms with Crippen LogP contribution in [0.15, 0.2) is 0 Å². The Morgan fingerprint density at radius 1 is 1.57 bits per heavy atom. The zero-order chi connectivity index (χ0) is 9.97. The summed E-state index contributed by atoms with van der Waals surface area (Å²) in [5, 5.41) is 11.6. The van der Waals surface area contributed by atoms with Gasteiger partial charge in [-0.25, -0.2) is 0 Å². The summed E-state index contributed by atoms with van der Waals surface area (Å²) in [4.78, 5) is 13.3. The molecule has 2 rings (SSSR count). The number of nitrogens with one attached hydrogen (secondary N) is 1. The van der Waals surface area contributed by atoms with E-state index in [1.807, 2.05) is 0 Å². The Kier molecular flexibility index (Phi) is 2.69. The lowest BCUT2D eigenvalue weighted by Gasteiger charge is -2.40. The fraction of sp³-hybridized carbons (Fsp3) is 0.800. The van der Waals surface area contributed by atoms with Crippen molar-refractivity contribution in [3.05, 3.63) is 0 Å². The number of likely N-dealkylation sites (tertiary alicyclic amines) is 1. The highest BCUT2D eigenvalue weighted by atomic mass is 16.1. The molecule has 2 fully saturated rings. The highest BCUT2D eigenvalue weighted by Crippen LogP contribution is 2.24. The number of nitrogens with zero attached hydrogens (tertiary/aromatic N) is 2. The molecule has 0 bridgehead atoms. The summed E-state index contributed by atoms with van der Waals surface area (Å²) in [5.41, 5.74) is 0. The van der Waals surface area contributed by atoms with E-state index >= 15 is 0 Å². The standard InChI is InChI=1S/C10H15N3O/c11-4-6-13-5-3-9-8(7-13)1-2-10(14)12-9/h8-9H,1-3,5-7H2,(H,12,14). The van der Waals surface area contributed by atoms with Gasteiger partial charge in [0, 0.05) is 25.6 Å². The van der Waals surface area contributed by atoms with Crippen LogP contribution in [0.5, 0.6) is 0 Å². The Balaban J connectivity index is 1.92. The minimum absolute atomic E-state index is 0.194. The second-order valence-corrected chi connectivity index (χ2v) is 4.15. The first-order valence-electron chi connectivity index (χ1n) is 5.18. The number of carbonyl (C=O) groups excluding carboxylic acids is 1. The Bertz CT molecular complexity index is 271. The van der Waals surface area contributed by atoms with E-state index in [-0.39, 0.29) is 5.91 Å². The lowest BCUT2D eigenvalue weighted by atomic mass is 9.85. The maximum Gasteiger partial charge on any atom is 0.220 e. The zero-order valence-electron chi connectivity index (χ0n) is 8.20. The molecule has 1 amide bonds. The molecule has 0 saturated carbocycles. The molecule has 0 spiro atoms. The van der Waals surface area contributed by atoms with Gasteiger partial charge in [-0.1, -0.05) is 0 Å². The third-order valence-electron chi connectivity index (χ3n) is 3.20. The first-order valence-corrected chi connectivity index (χ1v) is 5.18. The van der Waals surface area contributed by atoms with Crippen molar-refractivity contribution >= 4 is 5.91 Å². The van der Waals surface area contributed by atoms with Crippen LogP contribution >= 0.6 is 0 Å². The van der Waals surface area contributed by atoms with Gasteiger partial charge in [0.25, 0.3) is 0 Å². The predicted octanol–water partition coefficient (Wildman–Crippen LogP) is 0.110. The third kappa shape index (κ3) is 1.88. The summed E-state index contributed by atoms with van der Waals surface area (Å²) in [7, 11) is 0. The summed E-state index contributed by atoms with van der Waals surface area (Å²) >= 11 is 0. The number of piperidine rings is 2. The number of rotatable bonds is 1. The minimum atomic E-state index is 0.194. The molecule has 2 saturated heterocycles. The van der Waals surface area contributed by atoms with Crippen LogP contribution < -0.4 is 5.32 Å². The average Bonchev–Trinajstić information content (AvgIpc) is 2.19. The topological polar surface area (TPSA) is 56.1 Å². The molecule has 2 atom stereocenters. The number of hydrogen-bond acceptors (Lipinski definition) is 3. The fourth-order valence-electron chi connectivity index (χ4n) is 2.43. The Morgan fingerprint density at radius 2 is 2.43 bits per heavy atom. The maximum atomic E-state index is 11.1. The highest BCUT2D eigenvalue weighted by Gasteiger charge is 2.33. The summed E-state index contributed by atoms with van der Waals surface area (Å²) in [6, 6.07) is 2.55. The normalized spacial score (nSPS) is 32.9. The van der Waals surface area contributed by atoms with Crippen molar-refractivity contribution in [2.45, 2.75) is 25.3 Å². The molecule has 14 heavy (non-hydrogen) atoms. The van der Waals surface area contributed by atoms with E-state index < -0.39 is 0 Å². The molecule has 0 aromatic rings. The van der Waals surface area contributed by atoms with Gasteiger partial charge in [0.05, 0.1) is 12.6 Å². The van der Waals surface area contributed by atoms with Crippen molar-refractivity contribution < 1.29 is 4.79 Å². The van der Waals surface area contributed by atoms with Crippen molar-refractivity contribution in [1.29, 1.82) is 5.26 Å². The van der Waals surface area contributed by atoms with Gasteiger partial charge < -0.3 is 5.32 Å². The quantitative estimate of drug-likeness (QED) is 0.601. The molecule has 76 valence electrons. The second-order valence-electron chi connectivity index (χ2n) is 4.15. The molecule has 2 unspecified atom stereocenters. The van der Waals surface area contributed by atoms with Crippen LogP contribution in [0.25, 0.3) is 0 Å². The minimum Gasteiger partial charge on any atom is -0.353 e. The van der Waals surface area contributed by atoms with E-state index in [1.165, 1.54) is 0 Å². The predicted molar refractivity (Wildman–Crippen MR) is 51.3 cm³/mol. The smallest absolute Gasteiger partial charge is 0.220 e. The summed E-state index contributed by atoms with van der Waals surface area (Å²) < 4.78 is 0. The van der Waals surface area contributed by atoms with Crippen LogP contribution in [0, 0.1) is 17.2 Å². The first-order chi connectivity index (χ1) is 6.79. The van der Waals surface area contributed by atoms with Crippen molar-refractivity contribution in [3.63, 3.8) is 0 Å².